The molecule has 2 heterocycles. The van der Waals surface area contributed by atoms with Crippen molar-refractivity contribution >= 4 is 39.8 Å². The Morgan fingerprint density at radius 3 is 2.77 bits per heavy atom. The fourth-order valence-corrected chi connectivity index (χ4v) is 5.73. The highest BCUT2D eigenvalue weighted by Gasteiger charge is 2.33. The zero-order valence-electron chi connectivity index (χ0n) is 14.9. The van der Waals surface area contributed by atoms with Gasteiger partial charge in [-0.3, -0.25) is 9.69 Å². The predicted octanol–water partition coefficient (Wildman–Crippen LogP) is 4.31. The lowest BCUT2D eigenvalue weighted by Crippen LogP contribution is -2.47. The fraction of sp³-hybridized carbons (Fsp3) is 0.550. The van der Waals surface area contributed by atoms with Crippen molar-refractivity contribution in [1.82, 2.24) is 4.90 Å². The molecule has 1 saturated carbocycles. The molecule has 4 nitrogen and oxygen atoms in total. The lowest BCUT2D eigenvalue weighted by molar-refractivity contribution is -0.136. The highest BCUT2D eigenvalue weighted by atomic mass is 35.5. The number of fused-ring (bicyclic) bond motifs is 1. The van der Waals surface area contributed by atoms with E-state index in [1.165, 1.54) is 35.3 Å². The Morgan fingerprint density at radius 2 is 2.00 bits per heavy atom. The van der Waals surface area contributed by atoms with E-state index in [-0.39, 0.29) is 18.8 Å². The molecule has 0 radical (unpaired) electrons. The van der Waals surface area contributed by atoms with Gasteiger partial charge in [0, 0.05) is 34.6 Å². The first-order valence-electron chi connectivity index (χ1n) is 9.27. The van der Waals surface area contributed by atoms with E-state index in [4.69, 9.17) is 4.74 Å². The van der Waals surface area contributed by atoms with E-state index < -0.39 is 5.97 Å². The van der Waals surface area contributed by atoms with Crippen molar-refractivity contribution in [1.29, 1.82) is 0 Å². The molecule has 0 spiro atoms. The Bertz CT molecular complexity index is 757. The van der Waals surface area contributed by atoms with Crippen LogP contribution in [-0.4, -0.2) is 48.3 Å². The van der Waals surface area contributed by atoms with E-state index in [1.807, 2.05) is 23.5 Å². The zero-order chi connectivity index (χ0) is 17.2. The van der Waals surface area contributed by atoms with Crippen molar-refractivity contribution in [3.8, 4) is 0 Å². The summed E-state index contributed by atoms with van der Waals surface area (Å²) < 4.78 is 6.76. The van der Waals surface area contributed by atoms with Crippen molar-refractivity contribution < 1.29 is 14.6 Å². The average Bonchev–Trinajstić information content (AvgIpc) is 3.07. The second kappa shape index (κ2) is 8.70. The maximum atomic E-state index is 11.2. The minimum absolute atomic E-state index is 0. The van der Waals surface area contributed by atoms with Gasteiger partial charge in [-0.1, -0.05) is 25.0 Å². The Labute approximate surface area is 164 Å². The van der Waals surface area contributed by atoms with Crippen molar-refractivity contribution in [3.05, 3.63) is 34.7 Å². The number of aliphatic carboxylic acids is 1. The van der Waals surface area contributed by atoms with Gasteiger partial charge in [-0.05, 0) is 35.9 Å². The molecule has 2 aliphatic rings. The number of morpholine rings is 1. The molecule has 1 N–H and O–H groups in total. The molecule has 2 fully saturated rings. The predicted molar refractivity (Wildman–Crippen MR) is 108 cm³/mol. The van der Waals surface area contributed by atoms with Gasteiger partial charge in [-0.2, -0.15) is 0 Å². The number of hydrogen-bond donors (Lipinski definition) is 1. The van der Waals surface area contributed by atoms with Crippen LogP contribution in [0.2, 0.25) is 0 Å². The van der Waals surface area contributed by atoms with Gasteiger partial charge >= 0.3 is 5.97 Å². The number of thiophene rings is 1. The SMILES string of the molecule is Cl.O=C(O)Cc1cccc2sc(C3CCCCC3N3CCOCC3)cc12. The quantitative estimate of drug-likeness (QED) is 0.838. The van der Waals surface area contributed by atoms with Crippen LogP contribution in [-0.2, 0) is 16.0 Å². The molecule has 2 aromatic rings. The smallest absolute Gasteiger partial charge is 0.307 e. The molecule has 1 aromatic carbocycles. The fourth-order valence-electron chi connectivity index (χ4n) is 4.43. The van der Waals surface area contributed by atoms with Crippen LogP contribution in [0.25, 0.3) is 10.1 Å². The summed E-state index contributed by atoms with van der Waals surface area (Å²) in [5, 5.41) is 10.3. The standard InChI is InChI=1S/C20H25NO3S.ClH/c22-20(23)12-14-4-3-7-18-16(14)13-19(25-18)15-5-1-2-6-17(15)21-8-10-24-11-9-21;/h3-4,7,13,15,17H,1-2,5-6,8-12H2,(H,22,23);1H. The summed E-state index contributed by atoms with van der Waals surface area (Å²) >= 11 is 1.86. The highest BCUT2D eigenvalue weighted by Crippen LogP contribution is 2.42. The number of rotatable bonds is 4. The Kier molecular flexibility index (Phi) is 6.56. The lowest BCUT2D eigenvalue weighted by atomic mass is 9.82. The molecule has 0 amide bonds. The maximum Gasteiger partial charge on any atom is 0.307 e. The van der Waals surface area contributed by atoms with Crippen LogP contribution in [0.3, 0.4) is 0 Å². The first kappa shape index (κ1) is 19.6. The number of benzene rings is 1. The Hall–Kier alpha value is -1.14. The molecule has 26 heavy (non-hydrogen) atoms. The topological polar surface area (TPSA) is 49.8 Å². The number of hydrogen-bond acceptors (Lipinski definition) is 4. The van der Waals surface area contributed by atoms with Crippen molar-refractivity contribution in [3.63, 3.8) is 0 Å². The number of carbonyl (C=O) groups is 1. The molecule has 0 bridgehead atoms. The van der Waals surface area contributed by atoms with E-state index in [9.17, 15) is 9.90 Å². The van der Waals surface area contributed by atoms with Gasteiger partial charge in [0.25, 0.3) is 0 Å². The molecular weight excluding hydrogens is 370 g/mol. The van der Waals surface area contributed by atoms with Crippen LogP contribution >= 0.6 is 23.7 Å². The molecule has 4 rings (SSSR count). The van der Waals surface area contributed by atoms with E-state index in [0.717, 1.165) is 37.3 Å². The monoisotopic (exact) mass is 395 g/mol. The summed E-state index contributed by atoms with van der Waals surface area (Å²) in [6.45, 7) is 3.77. The largest absolute Gasteiger partial charge is 0.481 e. The van der Waals surface area contributed by atoms with Crippen LogP contribution in [0.15, 0.2) is 24.3 Å². The number of carboxylic acids is 1. The molecule has 2 atom stereocenters. The maximum absolute atomic E-state index is 11.2. The average molecular weight is 396 g/mol. The second-order valence-electron chi connectivity index (χ2n) is 7.15. The first-order valence-corrected chi connectivity index (χ1v) is 10.1. The summed E-state index contributed by atoms with van der Waals surface area (Å²) in [4.78, 5) is 15.2. The van der Waals surface area contributed by atoms with E-state index in [0.29, 0.717) is 12.0 Å². The van der Waals surface area contributed by atoms with E-state index in [1.54, 1.807) is 0 Å². The number of carboxylic acid groups (broad SMARTS) is 1. The summed E-state index contributed by atoms with van der Waals surface area (Å²) in [6.07, 6.45) is 5.21. The van der Waals surface area contributed by atoms with E-state index in [2.05, 4.69) is 17.0 Å². The van der Waals surface area contributed by atoms with Gasteiger partial charge in [-0.25, -0.2) is 0 Å². The summed E-state index contributed by atoms with van der Waals surface area (Å²) in [5.41, 5.74) is 0.936. The van der Waals surface area contributed by atoms with Gasteiger partial charge < -0.3 is 9.84 Å². The molecule has 1 aromatic heterocycles. The van der Waals surface area contributed by atoms with Gasteiger partial charge in [0.15, 0.2) is 0 Å². The van der Waals surface area contributed by atoms with E-state index >= 15 is 0 Å². The number of halogens is 1. The summed E-state index contributed by atoms with van der Waals surface area (Å²) in [5.74, 6) is -0.189. The van der Waals surface area contributed by atoms with Crippen molar-refractivity contribution in [2.75, 3.05) is 26.3 Å². The minimum atomic E-state index is -0.760. The molecule has 142 valence electrons. The normalized spacial score (nSPS) is 24.3. The van der Waals surface area contributed by atoms with Crippen LogP contribution in [0.1, 0.15) is 42.0 Å². The van der Waals surface area contributed by atoms with Crippen molar-refractivity contribution in [2.45, 2.75) is 44.1 Å². The zero-order valence-corrected chi connectivity index (χ0v) is 16.5. The molecule has 6 heteroatoms. The highest BCUT2D eigenvalue weighted by molar-refractivity contribution is 7.19. The van der Waals surface area contributed by atoms with Gasteiger partial charge in [0.05, 0.1) is 19.6 Å². The van der Waals surface area contributed by atoms with Crippen LogP contribution in [0, 0.1) is 0 Å². The third-order valence-corrected chi connectivity index (χ3v) is 6.85. The Morgan fingerprint density at radius 1 is 1.23 bits per heavy atom. The minimum Gasteiger partial charge on any atom is -0.481 e. The third kappa shape index (κ3) is 4.06. The van der Waals surface area contributed by atoms with Crippen LogP contribution < -0.4 is 0 Å². The number of nitrogens with zero attached hydrogens (tertiary/aromatic N) is 1. The van der Waals surface area contributed by atoms with Gasteiger partial charge in [0.2, 0.25) is 0 Å². The molecule has 1 aliphatic carbocycles. The second-order valence-corrected chi connectivity index (χ2v) is 8.27. The first-order chi connectivity index (χ1) is 12.2. The summed E-state index contributed by atoms with van der Waals surface area (Å²) in [6, 6.07) is 8.95. The Balaban J connectivity index is 0.00000196. The molecule has 1 aliphatic heterocycles. The molecule has 1 saturated heterocycles. The molecular formula is C20H26ClNO3S. The third-order valence-electron chi connectivity index (χ3n) is 5.62. The lowest BCUT2D eigenvalue weighted by Gasteiger charge is -2.41. The summed E-state index contributed by atoms with van der Waals surface area (Å²) in [7, 11) is 0. The van der Waals surface area contributed by atoms with Gasteiger partial charge in [0.1, 0.15) is 0 Å². The number of ether oxygens (including phenoxy) is 1. The van der Waals surface area contributed by atoms with Gasteiger partial charge in [-0.15, -0.1) is 23.7 Å². The molecule has 2 unspecified atom stereocenters. The van der Waals surface area contributed by atoms with Crippen LogP contribution in [0.4, 0.5) is 0 Å². The van der Waals surface area contributed by atoms with Crippen LogP contribution in [0.5, 0.6) is 0 Å². The van der Waals surface area contributed by atoms with Crippen molar-refractivity contribution in [2.24, 2.45) is 0 Å².